The highest BCUT2D eigenvalue weighted by Crippen LogP contribution is 2.30. The third kappa shape index (κ3) is 27.5. The SMILES string of the molecule is CC(C)c1c(C(=O)c2cc(Cl)cc(C#N)c2)[nH]c(=O)[nH]c1=O.CC(C)c1c(C(=O)c2cc(Cl)cc(C#N)c2)[nH]c(=O)[nH]c1=O.CCOCn1c(C(=O)c2cc(Cl)cc(C#N)c2)c(C(C)C)c(=O)[nH]c1=O.CCn1c(C(=O)c2cc(C)cc(C#N)c2)c(C(C)(C)C)c(=O)[nH]c1=O.CCn1c(C(=O)c2cc(Cl)cc(C#N)c2)c(C(C)C)c(=O)[nH]c1=O.Cc1cc(C#N)cc(C(=O)c2[nH]c(=O)[nH]c(=O)c2C(C)(C)C)c1. The van der Waals surface area contributed by atoms with Crippen molar-refractivity contribution in [3.8, 4) is 36.4 Å². The minimum Gasteiger partial charge on any atom is -0.361 e. The predicted octanol–water partition coefficient (Wildman–Crippen LogP) is 12.8. The van der Waals surface area contributed by atoms with Gasteiger partial charge < -0.3 is 19.7 Å². The molecule has 0 saturated carbocycles. The third-order valence-electron chi connectivity index (χ3n) is 20.9. The molecule has 142 heavy (non-hydrogen) atoms. The van der Waals surface area contributed by atoms with Crippen molar-refractivity contribution in [2.45, 2.75) is 186 Å². The molecule has 0 spiro atoms. The fraction of sp³-hybridized carbons (Fsp3) is 0.287. The van der Waals surface area contributed by atoms with Crippen molar-refractivity contribution in [3.05, 3.63) is 400 Å². The number of nitrogens with one attached hydrogen (secondary N) is 9. The maximum Gasteiger partial charge on any atom is 0.330 e. The van der Waals surface area contributed by atoms with E-state index >= 15 is 0 Å². The summed E-state index contributed by atoms with van der Waals surface area (Å²) in [7, 11) is 0. The molecule has 0 radical (unpaired) electrons. The first-order valence-corrected chi connectivity index (χ1v) is 44.9. The zero-order chi connectivity index (χ0) is 107. The predicted molar refractivity (Wildman–Crippen MR) is 531 cm³/mol. The van der Waals surface area contributed by atoms with E-state index in [4.69, 9.17) is 82.7 Å². The largest absolute Gasteiger partial charge is 0.361 e. The van der Waals surface area contributed by atoms with Gasteiger partial charge in [-0.1, -0.05) is 143 Å². The Morgan fingerprint density at radius 1 is 0.310 bits per heavy atom. The van der Waals surface area contributed by atoms with E-state index in [0.717, 1.165) is 15.7 Å². The summed E-state index contributed by atoms with van der Waals surface area (Å²) in [6.45, 7) is 34.1. The highest BCUT2D eigenvalue weighted by Gasteiger charge is 2.34. The number of hydrogen-bond acceptors (Lipinski definition) is 25. The van der Waals surface area contributed by atoms with Gasteiger partial charge in [-0.05, 0) is 189 Å². The number of aromatic nitrogens is 12. The van der Waals surface area contributed by atoms with Crippen LogP contribution < -0.4 is 67.5 Å². The van der Waals surface area contributed by atoms with Gasteiger partial charge in [-0.25, -0.2) is 28.8 Å². The van der Waals surface area contributed by atoms with Gasteiger partial charge in [0.15, 0.2) is 0 Å². The first kappa shape index (κ1) is 112. The molecule has 0 saturated heterocycles. The van der Waals surface area contributed by atoms with Crippen LogP contribution in [0.1, 0.15) is 316 Å². The number of aromatic amines is 9. The molecule has 0 bridgehead atoms. The number of benzene rings is 6. The number of H-pyrrole nitrogens is 9. The number of carbonyl (C=O) groups excluding carboxylic acids is 6. The fourth-order valence-corrected chi connectivity index (χ4v) is 15.9. The molecule has 0 fully saturated rings. The normalized spacial score (nSPS) is 10.8. The van der Waals surface area contributed by atoms with Gasteiger partial charge in [-0.15, -0.1) is 0 Å². The van der Waals surface area contributed by atoms with Crippen LogP contribution in [0.2, 0.25) is 20.1 Å². The zero-order valence-electron chi connectivity index (χ0n) is 80.3. The molecule has 0 aliphatic heterocycles. The van der Waals surface area contributed by atoms with Crippen LogP contribution in [0, 0.1) is 81.8 Å². The van der Waals surface area contributed by atoms with Crippen LogP contribution in [0.4, 0.5) is 0 Å². The van der Waals surface area contributed by atoms with E-state index < -0.39 is 113 Å². The average Bonchev–Trinajstić information content (AvgIpc) is 0.759. The van der Waals surface area contributed by atoms with Gasteiger partial charge in [0, 0.05) is 95.4 Å². The average molecular weight is 2010 g/mol. The number of halogens is 4. The van der Waals surface area contributed by atoms with Crippen molar-refractivity contribution in [2.75, 3.05) is 6.61 Å². The Balaban J connectivity index is 0.000000232. The van der Waals surface area contributed by atoms with Gasteiger partial charge in [0.2, 0.25) is 34.7 Å². The Bertz CT molecular complexity index is 8000. The molecular formula is C101H96Cl4N18O19. The van der Waals surface area contributed by atoms with Crippen molar-refractivity contribution in [3.63, 3.8) is 0 Å². The highest BCUT2D eigenvalue weighted by molar-refractivity contribution is 6.32. The number of carbonyl (C=O) groups is 6. The van der Waals surface area contributed by atoms with Crippen LogP contribution in [0.3, 0.4) is 0 Å². The molecule has 9 N–H and O–H groups in total. The van der Waals surface area contributed by atoms with Crippen LogP contribution in [-0.2, 0) is 35.4 Å². The molecule has 6 aromatic heterocycles. The van der Waals surface area contributed by atoms with E-state index in [9.17, 15) is 86.3 Å². The summed E-state index contributed by atoms with van der Waals surface area (Å²) in [5.41, 5.74) is -3.83. The minimum atomic E-state index is -0.764. The fourth-order valence-electron chi connectivity index (χ4n) is 14.9. The molecule has 6 heterocycles. The maximum atomic E-state index is 13.2. The molecule has 12 rings (SSSR count). The van der Waals surface area contributed by atoms with Crippen LogP contribution in [0.15, 0.2) is 167 Å². The van der Waals surface area contributed by atoms with E-state index in [1.807, 2.05) is 57.2 Å². The van der Waals surface area contributed by atoms with Crippen molar-refractivity contribution in [1.29, 1.82) is 31.6 Å². The first-order valence-electron chi connectivity index (χ1n) is 43.4. The number of rotatable bonds is 21. The summed E-state index contributed by atoms with van der Waals surface area (Å²) in [5.74, 6) is -4.26. The minimum absolute atomic E-state index is 0.0346. The van der Waals surface area contributed by atoms with Gasteiger partial charge in [0.05, 0.1) is 92.3 Å². The van der Waals surface area contributed by atoms with E-state index in [2.05, 4.69) is 44.9 Å². The maximum absolute atomic E-state index is 13.2. The lowest BCUT2D eigenvalue weighted by Gasteiger charge is -2.23. The molecule has 0 amide bonds. The van der Waals surface area contributed by atoms with Crippen molar-refractivity contribution < 1.29 is 33.5 Å². The molecule has 37 nitrogen and oxygen atoms in total. The smallest absolute Gasteiger partial charge is 0.330 e. The van der Waals surface area contributed by atoms with Crippen LogP contribution in [0.5, 0.6) is 0 Å². The summed E-state index contributed by atoms with van der Waals surface area (Å²) in [5, 5.41) is 55.1. The summed E-state index contributed by atoms with van der Waals surface area (Å²) in [6.07, 6.45) is 0. The van der Waals surface area contributed by atoms with Gasteiger partial charge in [0.25, 0.3) is 33.4 Å². The van der Waals surface area contributed by atoms with Crippen molar-refractivity contribution >= 4 is 81.1 Å². The lowest BCUT2D eigenvalue weighted by Crippen LogP contribution is -2.40. The summed E-state index contributed by atoms with van der Waals surface area (Å²) in [6, 6.07) is 37.9. The van der Waals surface area contributed by atoms with Gasteiger partial charge in [-0.3, -0.25) is 101 Å². The number of ketones is 6. The first-order chi connectivity index (χ1) is 66.5. The Morgan fingerprint density at radius 2 is 0.556 bits per heavy atom. The Hall–Kier alpha value is -16.5. The van der Waals surface area contributed by atoms with Gasteiger partial charge in [0.1, 0.15) is 29.5 Å². The van der Waals surface area contributed by atoms with Crippen LogP contribution in [0.25, 0.3) is 0 Å². The zero-order valence-corrected chi connectivity index (χ0v) is 83.3. The molecule has 732 valence electrons. The van der Waals surface area contributed by atoms with E-state index in [0.29, 0.717) is 17.7 Å². The summed E-state index contributed by atoms with van der Waals surface area (Å²) < 4.78 is 8.88. The highest BCUT2D eigenvalue weighted by atomic mass is 35.5. The summed E-state index contributed by atoms with van der Waals surface area (Å²) in [4.78, 5) is 242. The number of aryl methyl sites for hydroxylation is 2. The van der Waals surface area contributed by atoms with E-state index in [1.165, 1.54) is 94.1 Å². The molecule has 12 aromatic rings. The number of hydrogen-bond donors (Lipinski definition) is 9. The van der Waals surface area contributed by atoms with Gasteiger partial charge >= 0.3 is 34.1 Å². The number of ether oxygens (including phenoxy) is 1. The quantitative estimate of drug-likeness (QED) is 0.0302. The molecule has 41 heteroatoms. The summed E-state index contributed by atoms with van der Waals surface area (Å²) >= 11 is 23.7. The van der Waals surface area contributed by atoms with E-state index in [-0.39, 0.29) is 187 Å². The second-order valence-electron chi connectivity index (χ2n) is 35.0. The standard InChI is InChI=1S/C19H21N3O3.C18H18ClN3O4.C17H16ClN3O3.C17H17N3O3.2C15H12ClN3O3/c1-6-22-15(14(19(3,4)5)17(24)21-18(22)25)16(23)13-8-11(2)7-12(9-13)10-20;1-4-26-9-22-15(14(10(2)3)17(24)21-18(22)25)16(23)12-5-11(8-20)6-13(19)7-12;1-4-21-14(13(9(2)3)16(23)20-17(21)24)15(22)11-5-10(8-19)6-12(18)7-11;1-9-5-10(8-18)7-11(6-9)14(21)13-12(17(2,3)4)15(22)20-16(23)19-13;2*1-7(2)11-12(18-15(22)19-14(11)21)13(20)9-3-8(6-17)4-10(16)5-9/h7-9H,6H2,1-5H3,(H,21,24,25);5-7,10H,4,9H2,1-3H3,(H,21,24,25);5-7,9H,4H2,1-3H3,(H,20,23,24);5-7H,1-4H3,(H2,19,20,22,23);2*3-5,7H,1-2H3,(H2,18,19,21,22). The second-order valence-corrected chi connectivity index (χ2v) is 36.7. The van der Waals surface area contributed by atoms with Crippen molar-refractivity contribution in [2.24, 2.45) is 0 Å². The van der Waals surface area contributed by atoms with Crippen LogP contribution >= 0.6 is 46.4 Å². The molecule has 0 atom stereocenters. The van der Waals surface area contributed by atoms with Gasteiger partial charge in [-0.2, -0.15) is 31.6 Å². The lowest BCUT2D eigenvalue weighted by molar-refractivity contribution is 0.0783. The molecule has 6 aromatic carbocycles. The topological polar surface area (TPSA) is 616 Å². The van der Waals surface area contributed by atoms with Crippen molar-refractivity contribution in [1.82, 2.24) is 58.6 Å². The molecule has 0 aliphatic carbocycles. The van der Waals surface area contributed by atoms with Crippen LogP contribution in [-0.4, -0.2) is 99.9 Å². The monoisotopic (exact) mass is 2000 g/mol. The molecule has 0 aliphatic rings. The Morgan fingerprint density at radius 3 is 0.866 bits per heavy atom. The van der Waals surface area contributed by atoms with E-state index in [1.54, 1.807) is 135 Å². The Labute approximate surface area is 828 Å². The Kier molecular flexibility index (Phi) is 38.2. The number of nitrogens with zero attached hydrogens (tertiary/aromatic N) is 9. The molecule has 0 unspecified atom stereocenters. The number of nitriles is 6. The third-order valence-corrected chi connectivity index (χ3v) is 21.7. The lowest BCUT2D eigenvalue weighted by atomic mass is 9.84. The second kappa shape index (κ2) is 48.2. The molecular weight excluding hydrogens is 1910 g/mol.